The molecule has 43 heavy (non-hydrogen) atoms. The fourth-order valence-electron chi connectivity index (χ4n) is 5.72. The Morgan fingerprint density at radius 1 is 1.19 bits per heavy atom. The van der Waals surface area contributed by atoms with Gasteiger partial charge in [0.25, 0.3) is 11.8 Å². The largest absolute Gasteiger partial charge is 0.403 e. The van der Waals surface area contributed by atoms with Crippen LogP contribution in [-0.2, 0) is 12.8 Å². The fraction of sp³-hybridized carbons (Fsp3) is 0.281. The number of rotatable bonds is 7. The third kappa shape index (κ3) is 5.25. The van der Waals surface area contributed by atoms with Crippen LogP contribution in [0.5, 0.6) is 0 Å². The number of hydrogen-bond acceptors (Lipinski definition) is 9. The average Bonchev–Trinajstić information content (AvgIpc) is 3.82. The van der Waals surface area contributed by atoms with E-state index >= 15 is 0 Å². The van der Waals surface area contributed by atoms with Gasteiger partial charge in [-0.3, -0.25) is 9.78 Å². The first-order valence-electron chi connectivity index (χ1n) is 14.3. The number of nitrogens with one attached hydrogen (secondary N) is 1. The molecular weight excluding hydrogens is 565 g/mol. The number of thiophene rings is 1. The third-order valence-corrected chi connectivity index (χ3v) is 8.94. The Morgan fingerprint density at radius 3 is 2.67 bits per heavy atom. The van der Waals surface area contributed by atoms with Crippen LogP contribution in [0.4, 0.5) is 16.2 Å². The summed E-state index contributed by atoms with van der Waals surface area (Å²) in [7, 11) is 1.84. The number of pyridine rings is 2. The molecule has 3 N–H and O–H groups in total. The minimum atomic E-state index is -0.279. The molecule has 11 heteroatoms. The number of carbonyl (C=O) groups is 1. The van der Waals surface area contributed by atoms with Crippen LogP contribution in [0, 0.1) is 5.82 Å². The molecular formula is C32H32FN7O2S. The number of aromatic nitrogens is 4. The van der Waals surface area contributed by atoms with Crippen LogP contribution in [0.2, 0.25) is 0 Å². The van der Waals surface area contributed by atoms with Crippen LogP contribution < -0.4 is 11.1 Å². The zero-order valence-electron chi connectivity index (χ0n) is 24.1. The molecule has 220 valence electrons. The van der Waals surface area contributed by atoms with E-state index in [0.717, 1.165) is 62.6 Å². The number of anilines is 2. The zero-order chi connectivity index (χ0) is 30.1. The first-order chi connectivity index (χ1) is 20.9. The molecule has 0 spiro atoms. The van der Waals surface area contributed by atoms with Gasteiger partial charge in [-0.15, -0.1) is 23.0 Å². The topological polar surface area (TPSA) is 123 Å². The lowest BCUT2D eigenvalue weighted by atomic mass is 9.93. The van der Waals surface area contributed by atoms with Crippen molar-refractivity contribution in [1.82, 2.24) is 25.1 Å². The summed E-state index contributed by atoms with van der Waals surface area (Å²) >= 11 is 1.55. The van der Waals surface area contributed by atoms with Crippen LogP contribution in [0.3, 0.4) is 0 Å². The highest BCUT2D eigenvalue weighted by atomic mass is 32.1. The number of nitrogens with zero attached hydrogens (tertiary/aromatic N) is 5. The molecule has 1 aromatic carbocycles. The molecule has 0 aliphatic carbocycles. The number of benzene rings is 1. The Hall–Kier alpha value is -4.64. The third-order valence-electron chi connectivity index (χ3n) is 7.77. The van der Waals surface area contributed by atoms with E-state index in [9.17, 15) is 9.18 Å². The molecule has 7 rings (SSSR count). The normalized spacial score (nSPS) is 15.3. The molecule has 2 aliphatic rings. The predicted molar refractivity (Wildman–Crippen MR) is 167 cm³/mol. The van der Waals surface area contributed by atoms with Gasteiger partial charge in [0.05, 0.1) is 33.3 Å². The van der Waals surface area contributed by atoms with E-state index in [1.807, 2.05) is 24.1 Å². The molecule has 0 saturated carbocycles. The van der Waals surface area contributed by atoms with Crippen molar-refractivity contribution in [3.63, 3.8) is 0 Å². The monoisotopic (exact) mass is 597 g/mol. The van der Waals surface area contributed by atoms with Gasteiger partial charge in [0, 0.05) is 30.2 Å². The summed E-state index contributed by atoms with van der Waals surface area (Å²) in [6.45, 7) is 6.24. The van der Waals surface area contributed by atoms with Gasteiger partial charge in [0.2, 0.25) is 0 Å². The number of aryl methyl sites for hydroxylation is 2. The second kappa shape index (κ2) is 11.9. The standard InChI is InChI=1S/C28H24FN7O2S.C4H8/c1-31-25-24-15(10-11-32-25)13-19(39-24)21-20(26-34-35-28(30)38-26)17(9-6-14-4-7-16(29)8-5-14)33-23-18-3-2-12-36(18)27(37)22(21)23;1-3-4-2/h4-5,7-8,10-11,13,18H,2-3,6,9,12H2,1H3,(H2,30,35)(H,31,32);3H,1,4H2,2H3. The van der Waals surface area contributed by atoms with Gasteiger partial charge in [-0.1, -0.05) is 30.2 Å². The van der Waals surface area contributed by atoms with Crippen LogP contribution in [0.25, 0.3) is 32.0 Å². The summed E-state index contributed by atoms with van der Waals surface area (Å²) < 4.78 is 20.3. The molecule has 0 bridgehead atoms. The fourth-order valence-corrected chi connectivity index (χ4v) is 6.93. The molecule has 4 aromatic heterocycles. The van der Waals surface area contributed by atoms with Crippen molar-refractivity contribution in [2.45, 2.75) is 45.1 Å². The van der Waals surface area contributed by atoms with E-state index < -0.39 is 0 Å². The lowest BCUT2D eigenvalue weighted by Crippen LogP contribution is -2.22. The Morgan fingerprint density at radius 2 is 1.98 bits per heavy atom. The highest BCUT2D eigenvalue weighted by Gasteiger charge is 2.44. The molecule has 9 nitrogen and oxygen atoms in total. The molecule has 6 heterocycles. The number of fused-ring (bicyclic) bond motifs is 4. The van der Waals surface area contributed by atoms with Crippen molar-refractivity contribution >= 4 is 39.2 Å². The number of nitrogens with two attached hydrogens (primary N) is 1. The van der Waals surface area contributed by atoms with Gasteiger partial charge in [-0.2, -0.15) is 0 Å². The van der Waals surface area contributed by atoms with Crippen molar-refractivity contribution < 1.29 is 13.6 Å². The van der Waals surface area contributed by atoms with Gasteiger partial charge in [0.15, 0.2) is 0 Å². The maximum absolute atomic E-state index is 13.9. The second-order valence-electron chi connectivity index (χ2n) is 10.4. The van der Waals surface area contributed by atoms with Crippen molar-refractivity contribution in [1.29, 1.82) is 0 Å². The Kier molecular flexibility index (Phi) is 7.90. The van der Waals surface area contributed by atoms with Crippen LogP contribution in [0.15, 0.2) is 59.7 Å². The molecule has 1 atom stereocenters. The summed E-state index contributed by atoms with van der Waals surface area (Å²) in [4.78, 5) is 26.2. The van der Waals surface area contributed by atoms with Gasteiger partial charge in [0.1, 0.15) is 11.6 Å². The number of hydrogen-bond donors (Lipinski definition) is 2. The van der Waals surface area contributed by atoms with E-state index in [-0.39, 0.29) is 29.7 Å². The summed E-state index contributed by atoms with van der Waals surface area (Å²) in [5.74, 6) is 0.676. The Labute approximate surface area is 252 Å². The Bertz CT molecular complexity index is 1810. The maximum atomic E-state index is 13.9. The molecule has 1 saturated heterocycles. The highest BCUT2D eigenvalue weighted by molar-refractivity contribution is 7.23. The number of carbonyl (C=O) groups excluding carboxylic acids is 1. The smallest absolute Gasteiger partial charge is 0.313 e. The van der Waals surface area contributed by atoms with Crippen LogP contribution in [0.1, 0.15) is 59.5 Å². The van der Waals surface area contributed by atoms with Crippen LogP contribution >= 0.6 is 11.3 Å². The van der Waals surface area contributed by atoms with E-state index in [1.165, 1.54) is 12.1 Å². The Balaban J connectivity index is 0.000000777. The van der Waals surface area contributed by atoms with Gasteiger partial charge >= 0.3 is 6.01 Å². The van der Waals surface area contributed by atoms with Crippen molar-refractivity contribution in [3.8, 4) is 21.9 Å². The summed E-state index contributed by atoms with van der Waals surface area (Å²) in [6, 6.07) is 10.4. The number of amides is 1. The highest BCUT2D eigenvalue weighted by Crippen LogP contribution is 2.50. The quantitative estimate of drug-likeness (QED) is 0.196. The maximum Gasteiger partial charge on any atom is 0.313 e. The summed E-state index contributed by atoms with van der Waals surface area (Å²) in [5.41, 5.74) is 10.3. The van der Waals surface area contributed by atoms with Gasteiger partial charge in [-0.25, -0.2) is 9.37 Å². The van der Waals surface area contributed by atoms with Crippen molar-refractivity contribution in [2.24, 2.45) is 0 Å². The van der Waals surface area contributed by atoms with E-state index in [1.54, 1.807) is 29.7 Å². The minimum Gasteiger partial charge on any atom is -0.403 e. The number of allylic oxidation sites excluding steroid dienone is 1. The number of halogens is 1. The van der Waals surface area contributed by atoms with E-state index in [2.05, 4.69) is 40.1 Å². The minimum absolute atomic E-state index is 0.0294. The molecule has 1 fully saturated rings. The van der Waals surface area contributed by atoms with E-state index in [4.69, 9.17) is 15.1 Å². The predicted octanol–water partition coefficient (Wildman–Crippen LogP) is 6.83. The second-order valence-corrected chi connectivity index (χ2v) is 11.5. The molecule has 5 aromatic rings. The van der Waals surface area contributed by atoms with Crippen LogP contribution in [-0.4, -0.2) is 44.6 Å². The molecule has 1 amide bonds. The average molecular weight is 598 g/mol. The lowest BCUT2D eigenvalue weighted by molar-refractivity contribution is 0.0776. The summed E-state index contributed by atoms with van der Waals surface area (Å²) in [5, 5.41) is 12.3. The first kappa shape index (κ1) is 28.5. The molecule has 1 unspecified atom stereocenters. The number of nitrogen functional groups attached to an aromatic ring is 1. The molecule has 2 aliphatic heterocycles. The van der Waals surface area contributed by atoms with Gasteiger partial charge in [-0.05, 0) is 67.3 Å². The summed E-state index contributed by atoms with van der Waals surface area (Å²) in [6.07, 6.45) is 7.68. The first-order valence-corrected chi connectivity index (χ1v) is 15.1. The molecule has 0 radical (unpaired) electrons. The van der Waals surface area contributed by atoms with Crippen molar-refractivity contribution in [3.05, 3.63) is 83.6 Å². The van der Waals surface area contributed by atoms with Gasteiger partial charge < -0.3 is 20.4 Å². The van der Waals surface area contributed by atoms with E-state index in [0.29, 0.717) is 30.5 Å². The SMILES string of the molecule is C=CCC.CNc1nccc2cc(-c3c4c(nc(CCc5ccc(F)cc5)c3-c3nnc(N)o3)C3CCCN3C4=O)sc12. The zero-order valence-corrected chi connectivity index (χ0v) is 24.9. The lowest BCUT2D eigenvalue weighted by Gasteiger charge is -2.16. The van der Waals surface area contributed by atoms with Crippen molar-refractivity contribution in [2.75, 3.05) is 24.6 Å².